The number of nitrogens with one attached hydrogen (secondary N) is 1. The molecule has 138 valence electrons. The van der Waals surface area contributed by atoms with E-state index in [9.17, 15) is 0 Å². The number of aryl methyl sites for hydroxylation is 1. The molecule has 2 aliphatic heterocycles. The van der Waals surface area contributed by atoms with Crippen molar-refractivity contribution in [3.8, 4) is 0 Å². The molecule has 0 saturated heterocycles. The van der Waals surface area contributed by atoms with E-state index in [-0.39, 0.29) is 0 Å². The molecule has 2 heteroatoms. The van der Waals surface area contributed by atoms with E-state index in [0.29, 0.717) is 18.0 Å². The Balaban J connectivity index is 1.38. The van der Waals surface area contributed by atoms with Gasteiger partial charge in [-0.2, -0.15) is 0 Å². The first-order valence-corrected chi connectivity index (χ1v) is 10.3. The van der Waals surface area contributed by atoms with Crippen molar-refractivity contribution in [1.29, 1.82) is 0 Å². The maximum absolute atomic E-state index is 3.83. The fourth-order valence-corrected chi connectivity index (χ4v) is 4.57. The Labute approximate surface area is 158 Å². The van der Waals surface area contributed by atoms with Crippen LogP contribution < -0.4 is 5.32 Å². The second-order valence-electron chi connectivity index (χ2n) is 8.53. The number of rotatable bonds is 4. The van der Waals surface area contributed by atoms with E-state index >= 15 is 0 Å². The number of hydrogen-bond donors (Lipinski definition) is 1. The molecule has 2 atom stereocenters. The average Bonchev–Trinajstić information content (AvgIpc) is 2.67. The zero-order chi connectivity index (χ0) is 18.1. The predicted octanol–water partition coefficient (Wildman–Crippen LogP) is 5.37. The van der Waals surface area contributed by atoms with Gasteiger partial charge in [0.2, 0.25) is 0 Å². The van der Waals surface area contributed by atoms with Crippen LogP contribution in [0, 0.1) is 0 Å². The van der Waals surface area contributed by atoms with Crippen LogP contribution in [0.5, 0.6) is 0 Å². The van der Waals surface area contributed by atoms with Crippen LogP contribution in [0.15, 0.2) is 42.5 Å². The van der Waals surface area contributed by atoms with Gasteiger partial charge < -0.3 is 5.32 Å². The smallest absolute Gasteiger partial charge is 0.0375 e. The molecule has 2 unspecified atom stereocenters. The quantitative estimate of drug-likeness (QED) is 0.798. The summed E-state index contributed by atoms with van der Waals surface area (Å²) in [6.07, 6.45) is 4.89. The first kappa shape index (κ1) is 17.6. The van der Waals surface area contributed by atoms with Gasteiger partial charge in [0.15, 0.2) is 0 Å². The predicted molar refractivity (Wildman–Crippen MR) is 111 cm³/mol. The summed E-state index contributed by atoms with van der Waals surface area (Å²) in [7, 11) is 0. The standard InChI is InChI=1S/C24H32N2/c1-17(2)20-9-11-24-21(15-20)8-10-23(25-24)14-18(3)26-13-12-19-6-4-5-7-22(19)16-26/h4-7,9,11,15,17-18,23,25H,8,10,12-14,16H2,1-3H3. The highest BCUT2D eigenvalue weighted by atomic mass is 15.2. The first-order chi connectivity index (χ1) is 12.6. The van der Waals surface area contributed by atoms with Crippen molar-refractivity contribution in [3.63, 3.8) is 0 Å². The van der Waals surface area contributed by atoms with Gasteiger partial charge in [-0.1, -0.05) is 50.2 Å². The second-order valence-corrected chi connectivity index (χ2v) is 8.53. The maximum atomic E-state index is 3.83. The fourth-order valence-electron chi connectivity index (χ4n) is 4.57. The lowest BCUT2D eigenvalue weighted by Gasteiger charge is -2.37. The lowest BCUT2D eigenvalue weighted by Crippen LogP contribution is -2.41. The van der Waals surface area contributed by atoms with Crippen LogP contribution in [0.3, 0.4) is 0 Å². The van der Waals surface area contributed by atoms with Gasteiger partial charge in [0, 0.05) is 30.9 Å². The summed E-state index contributed by atoms with van der Waals surface area (Å²) >= 11 is 0. The Morgan fingerprint density at radius 1 is 1.00 bits per heavy atom. The Bertz CT molecular complexity index is 765. The van der Waals surface area contributed by atoms with Crippen LogP contribution in [0.1, 0.15) is 61.8 Å². The minimum Gasteiger partial charge on any atom is -0.382 e. The van der Waals surface area contributed by atoms with Crippen molar-refractivity contribution in [2.45, 2.75) is 71.0 Å². The summed E-state index contributed by atoms with van der Waals surface area (Å²) in [6.45, 7) is 9.27. The highest BCUT2D eigenvalue weighted by Crippen LogP contribution is 2.30. The summed E-state index contributed by atoms with van der Waals surface area (Å²) in [6, 6.07) is 17.2. The zero-order valence-corrected chi connectivity index (χ0v) is 16.5. The van der Waals surface area contributed by atoms with Crippen molar-refractivity contribution >= 4 is 5.69 Å². The second kappa shape index (κ2) is 7.44. The molecule has 2 heterocycles. The molecule has 26 heavy (non-hydrogen) atoms. The molecule has 0 radical (unpaired) electrons. The molecule has 0 aromatic heterocycles. The molecular weight excluding hydrogens is 316 g/mol. The third kappa shape index (κ3) is 3.66. The van der Waals surface area contributed by atoms with E-state index in [1.807, 2.05) is 0 Å². The summed E-state index contributed by atoms with van der Waals surface area (Å²) in [5.74, 6) is 0.611. The van der Waals surface area contributed by atoms with Crippen molar-refractivity contribution < 1.29 is 0 Å². The fraction of sp³-hybridized carbons (Fsp3) is 0.500. The average molecular weight is 349 g/mol. The summed E-state index contributed by atoms with van der Waals surface area (Å²) in [5, 5.41) is 3.83. The summed E-state index contributed by atoms with van der Waals surface area (Å²) < 4.78 is 0. The monoisotopic (exact) mass is 348 g/mol. The van der Waals surface area contributed by atoms with Gasteiger partial charge in [0.25, 0.3) is 0 Å². The molecule has 2 aliphatic rings. The van der Waals surface area contributed by atoms with E-state index in [2.05, 4.69) is 73.5 Å². The lowest BCUT2D eigenvalue weighted by molar-refractivity contribution is 0.175. The third-order valence-corrected chi connectivity index (χ3v) is 6.33. The minimum absolute atomic E-state index is 0.597. The van der Waals surface area contributed by atoms with Gasteiger partial charge in [-0.15, -0.1) is 0 Å². The van der Waals surface area contributed by atoms with E-state index in [4.69, 9.17) is 0 Å². The molecule has 0 fully saturated rings. The molecule has 2 aromatic carbocycles. The molecule has 0 bridgehead atoms. The number of fused-ring (bicyclic) bond motifs is 2. The molecule has 2 aromatic rings. The molecule has 0 spiro atoms. The van der Waals surface area contributed by atoms with Crippen LogP contribution >= 0.6 is 0 Å². The molecule has 2 nitrogen and oxygen atoms in total. The van der Waals surface area contributed by atoms with Gasteiger partial charge in [0.05, 0.1) is 0 Å². The summed E-state index contributed by atoms with van der Waals surface area (Å²) in [5.41, 5.74) is 7.40. The van der Waals surface area contributed by atoms with Crippen LogP contribution in [0.2, 0.25) is 0 Å². The SMILES string of the molecule is CC(C)c1ccc2c(c1)CCC(CC(C)N1CCc3ccccc3C1)N2. The molecule has 4 rings (SSSR count). The van der Waals surface area contributed by atoms with Crippen LogP contribution in [-0.2, 0) is 19.4 Å². The van der Waals surface area contributed by atoms with Crippen molar-refractivity contribution in [1.82, 2.24) is 4.90 Å². The van der Waals surface area contributed by atoms with Gasteiger partial charge in [-0.25, -0.2) is 0 Å². The first-order valence-electron chi connectivity index (χ1n) is 10.3. The minimum atomic E-state index is 0.597. The lowest BCUT2D eigenvalue weighted by atomic mass is 9.90. The molecule has 0 amide bonds. The number of nitrogens with zero attached hydrogens (tertiary/aromatic N) is 1. The van der Waals surface area contributed by atoms with Crippen molar-refractivity contribution in [2.75, 3.05) is 11.9 Å². The highest BCUT2D eigenvalue weighted by Gasteiger charge is 2.25. The topological polar surface area (TPSA) is 15.3 Å². The van der Waals surface area contributed by atoms with Crippen LogP contribution in [-0.4, -0.2) is 23.5 Å². The molecule has 0 saturated carbocycles. The van der Waals surface area contributed by atoms with Crippen molar-refractivity contribution in [2.24, 2.45) is 0 Å². The summed E-state index contributed by atoms with van der Waals surface area (Å²) in [4.78, 5) is 2.67. The number of hydrogen-bond acceptors (Lipinski definition) is 2. The van der Waals surface area contributed by atoms with E-state index in [0.717, 1.165) is 6.54 Å². The molecule has 0 aliphatic carbocycles. The Kier molecular flexibility index (Phi) is 5.04. The molecule has 1 N–H and O–H groups in total. The van der Waals surface area contributed by atoms with E-state index < -0.39 is 0 Å². The maximum Gasteiger partial charge on any atom is 0.0375 e. The van der Waals surface area contributed by atoms with Crippen molar-refractivity contribution in [3.05, 3.63) is 64.7 Å². The van der Waals surface area contributed by atoms with E-state index in [1.165, 1.54) is 54.6 Å². The highest BCUT2D eigenvalue weighted by molar-refractivity contribution is 5.55. The number of anilines is 1. The van der Waals surface area contributed by atoms with Gasteiger partial charge in [-0.05, 0) is 66.8 Å². The van der Waals surface area contributed by atoms with Crippen LogP contribution in [0.25, 0.3) is 0 Å². The Hall–Kier alpha value is -1.80. The van der Waals surface area contributed by atoms with Gasteiger partial charge in [-0.3, -0.25) is 4.90 Å². The molecular formula is C24H32N2. The Morgan fingerprint density at radius 2 is 1.81 bits per heavy atom. The van der Waals surface area contributed by atoms with E-state index in [1.54, 1.807) is 5.56 Å². The van der Waals surface area contributed by atoms with Gasteiger partial charge >= 0.3 is 0 Å². The largest absolute Gasteiger partial charge is 0.382 e. The third-order valence-electron chi connectivity index (χ3n) is 6.33. The zero-order valence-electron chi connectivity index (χ0n) is 16.5. The normalized spacial score (nSPS) is 21.0. The van der Waals surface area contributed by atoms with Crippen LogP contribution in [0.4, 0.5) is 5.69 Å². The Morgan fingerprint density at radius 3 is 2.62 bits per heavy atom. The van der Waals surface area contributed by atoms with Gasteiger partial charge in [0.1, 0.15) is 0 Å². The number of benzene rings is 2.